The van der Waals surface area contributed by atoms with E-state index in [9.17, 15) is 5.11 Å². The van der Waals surface area contributed by atoms with Crippen molar-refractivity contribution in [2.24, 2.45) is 0 Å². The van der Waals surface area contributed by atoms with Crippen LogP contribution in [0.4, 0.5) is 0 Å². The van der Waals surface area contributed by atoms with E-state index in [0.29, 0.717) is 5.75 Å². The molecule has 1 aliphatic rings. The average Bonchev–Trinajstić information content (AvgIpc) is 2.88. The van der Waals surface area contributed by atoms with Crippen LogP contribution in [0.25, 0.3) is 11.1 Å². The molecule has 1 heteroatoms. The summed E-state index contributed by atoms with van der Waals surface area (Å²) in [5.41, 5.74) is 6.29. The van der Waals surface area contributed by atoms with Gasteiger partial charge < -0.3 is 5.11 Å². The highest BCUT2D eigenvalue weighted by atomic mass is 16.3. The van der Waals surface area contributed by atoms with E-state index in [4.69, 9.17) is 0 Å². The lowest BCUT2D eigenvalue weighted by Gasteiger charge is -2.30. The van der Waals surface area contributed by atoms with E-state index in [1.807, 2.05) is 19.1 Å². The summed E-state index contributed by atoms with van der Waals surface area (Å²) in [7, 11) is 0. The second-order valence-corrected chi connectivity index (χ2v) is 6.12. The molecule has 0 fully saturated rings. The van der Waals surface area contributed by atoms with E-state index in [1.54, 1.807) is 6.07 Å². The average molecular weight is 298 g/mol. The summed E-state index contributed by atoms with van der Waals surface area (Å²) in [6, 6.07) is 22.6. The number of allylic oxidation sites excluding steroid dienone is 1. The second-order valence-electron chi connectivity index (χ2n) is 6.12. The monoisotopic (exact) mass is 298 g/mol. The predicted molar refractivity (Wildman–Crippen MR) is 94.8 cm³/mol. The van der Waals surface area contributed by atoms with Gasteiger partial charge in [-0.05, 0) is 35.2 Å². The minimum Gasteiger partial charge on any atom is -0.508 e. The van der Waals surface area contributed by atoms with Crippen LogP contribution in [0.2, 0.25) is 0 Å². The molecule has 0 radical (unpaired) electrons. The van der Waals surface area contributed by atoms with Gasteiger partial charge in [0.2, 0.25) is 0 Å². The number of hydrogen-bond donors (Lipinski definition) is 1. The van der Waals surface area contributed by atoms with Gasteiger partial charge in [0.25, 0.3) is 0 Å². The van der Waals surface area contributed by atoms with Crippen LogP contribution in [0.3, 0.4) is 0 Å². The molecule has 0 saturated carbocycles. The normalized spacial score (nSPS) is 14.1. The molecule has 0 heterocycles. The Labute approximate surface area is 136 Å². The van der Waals surface area contributed by atoms with Crippen LogP contribution in [0.1, 0.15) is 22.3 Å². The van der Waals surface area contributed by atoms with Gasteiger partial charge in [0.15, 0.2) is 0 Å². The molecule has 0 amide bonds. The summed E-state index contributed by atoms with van der Waals surface area (Å²) in [5, 5.41) is 10.6. The fraction of sp³-hybridized carbons (Fsp3) is 0.0909. The van der Waals surface area contributed by atoms with E-state index >= 15 is 0 Å². The van der Waals surface area contributed by atoms with Crippen molar-refractivity contribution in [1.29, 1.82) is 0 Å². The Hall–Kier alpha value is -2.80. The highest BCUT2D eigenvalue weighted by Gasteiger charge is 2.43. The Kier molecular flexibility index (Phi) is 2.92. The fourth-order valence-electron chi connectivity index (χ4n) is 3.85. The van der Waals surface area contributed by atoms with Crippen molar-refractivity contribution in [3.8, 4) is 16.9 Å². The molecule has 23 heavy (non-hydrogen) atoms. The predicted octanol–water partition coefficient (Wildman–Crippen LogP) is 5.20. The molecular weight excluding hydrogens is 280 g/mol. The number of rotatable bonds is 2. The van der Waals surface area contributed by atoms with Gasteiger partial charge in [-0.15, -0.1) is 6.58 Å². The van der Waals surface area contributed by atoms with Crippen LogP contribution in [0.15, 0.2) is 79.4 Å². The van der Waals surface area contributed by atoms with Crippen molar-refractivity contribution >= 4 is 0 Å². The van der Waals surface area contributed by atoms with Crippen LogP contribution >= 0.6 is 0 Å². The zero-order chi connectivity index (χ0) is 16.0. The van der Waals surface area contributed by atoms with Crippen LogP contribution in [-0.2, 0) is 5.41 Å². The maximum absolute atomic E-state index is 10.6. The standard InChI is InChI=1S/C22H18O/c1-3-22(20-14-15(2)12-13-21(20)23)18-10-6-4-8-16(18)17-9-5-7-11-19(17)22/h3-14,23H,1H2,2H3. The Morgan fingerprint density at radius 2 is 1.39 bits per heavy atom. The molecule has 0 aliphatic heterocycles. The summed E-state index contributed by atoms with van der Waals surface area (Å²) >= 11 is 0. The number of aromatic hydroxyl groups is 1. The molecule has 112 valence electrons. The zero-order valence-corrected chi connectivity index (χ0v) is 13.1. The summed E-state index contributed by atoms with van der Waals surface area (Å²) in [6.07, 6.45) is 1.96. The van der Waals surface area contributed by atoms with Crippen LogP contribution in [0.5, 0.6) is 5.75 Å². The lowest BCUT2D eigenvalue weighted by Crippen LogP contribution is -2.24. The van der Waals surface area contributed by atoms with Crippen LogP contribution < -0.4 is 0 Å². The summed E-state index contributed by atoms with van der Waals surface area (Å²) in [6.45, 7) is 6.20. The van der Waals surface area contributed by atoms with E-state index in [0.717, 1.165) is 11.1 Å². The van der Waals surface area contributed by atoms with Crippen molar-refractivity contribution in [3.05, 3.63) is 102 Å². The third-order valence-electron chi connectivity index (χ3n) is 4.88. The first-order valence-electron chi connectivity index (χ1n) is 7.81. The van der Waals surface area contributed by atoms with Crippen molar-refractivity contribution in [3.63, 3.8) is 0 Å². The van der Waals surface area contributed by atoms with E-state index in [1.165, 1.54) is 22.3 Å². The maximum Gasteiger partial charge on any atom is 0.120 e. The van der Waals surface area contributed by atoms with Gasteiger partial charge in [-0.2, -0.15) is 0 Å². The third-order valence-corrected chi connectivity index (χ3v) is 4.88. The number of hydrogen-bond acceptors (Lipinski definition) is 1. The molecule has 0 atom stereocenters. The molecule has 3 aromatic carbocycles. The molecule has 0 spiro atoms. The first-order valence-corrected chi connectivity index (χ1v) is 7.81. The third kappa shape index (κ3) is 1.74. The molecule has 1 N–H and O–H groups in total. The highest BCUT2D eigenvalue weighted by Crippen LogP contribution is 2.54. The summed E-state index contributed by atoms with van der Waals surface area (Å²) in [4.78, 5) is 0. The summed E-state index contributed by atoms with van der Waals surface area (Å²) < 4.78 is 0. The SMILES string of the molecule is C=CC1(c2cc(C)ccc2O)c2ccccc2-c2ccccc21. The van der Waals surface area contributed by atoms with Gasteiger partial charge in [-0.25, -0.2) is 0 Å². The Bertz CT molecular complexity index is 875. The number of phenols is 1. The quantitative estimate of drug-likeness (QED) is 0.645. The Morgan fingerprint density at radius 1 is 0.826 bits per heavy atom. The minimum absolute atomic E-state index is 0.307. The molecule has 0 saturated heterocycles. The van der Waals surface area contributed by atoms with E-state index in [2.05, 4.69) is 61.2 Å². The molecule has 1 nitrogen and oxygen atoms in total. The smallest absolute Gasteiger partial charge is 0.120 e. The largest absolute Gasteiger partial charge is 0.508 e. The van der Waals surface area contributed by atoms with Gasteiger partial charge in [0.05, 0.1) is 5.41 Å². The number of aryl methyl sites for hydroxylation is 1. The van der Waals surface area contributed by atoms with Gasteiger partial charge in [0.1, 0.15) is 5.75 Å². The lowest BCUT2D eigenvalue weighted by atomic mass is 9.72. The number of benzene rings is 3. The van der Waals surface area contributed by atoms with Gasteiger partial charge in [-0.3, -0.25) is 0 Å². The van der Waals surface area contributed by atoms with Gasteiger partial charge in [0, 0.05) is 5.56 Å². The molecule has 0 bridgehead atoms. The lowest BCUT2D eigenvalue weighted by molar-refractivity contribution is 0.462. The minimum atomic E-state index is -0.511. The van der Waals surface area contributed by atoms with Crippen molar-refractivity contribution in [1.82, 2.24) is 0 Å². The van der Waals surface area contributed by atoms with Crippen molar-refractivity contribution < 1.29 is 5.11 Å². The highest BCUT2D eigenvalue weighted by molar-refractivity contribution is 5.85. The number of fused-ring (bicyclic) bond motifs is 3. The fourth-order valence-corrected chi connectivity index (χ4v) is 3.85. The second kappa shape index (κ2) is 4.85. The molecule has 1 aliphatic carbocycles. The zero-order valence-electron chi connectivity index (χ0n) is 13.1. The maximum atomic E-state index is 10.6. The Balaban J connectivity index is 2.17. The first-order chi connectivity index (χ1) is 11.2. The van der Waals surface area contributed by atoms with Gasteiger partial charge in [-0.1, -0.05) is 72.3 Å². The molecular formula is C22H18O. The van der Waals surface area contributed by atoms with Crippen molar-refractivity contribution in [2.75, 3.05) is 0 Å². The van der Waals surface area contributed by atoms with Crippen molar-refractivity contribution in [2.45, 2.75) is 12.3 Å². The first kappa shape index (κ1) is 13.8. The Morgan fingerprint density at radius 3 is 1.96 bits per heavy atom. The summed E-state index contributed by atoms with van der Waals surface area (Å²) in [5.74, 6) is 0.307. The van der Waals surface area contributed by atoms with Crippen LogP contribution in [-0.4, -0.2) is 5.11 Å². The van der Waals surface area contributed by atoms with Gasteiger partial charge >= 0.3 is 0 Å². The van der Waals surface area contributed by atoms with E-state index < -0.39 is 5.41 Å². The van der Waals surface area contributed by atoms with E-state index in [-0.39, 0.29) is 0 Å². The molecule has 3 aromatic rings. The van der Waals surface area contributed by atoms with Crippen LogP contribution in [0, 0.1) is 6.92 Å². The molecule has 0 aromatic heterocycles. The molecule has 4 rings (SSSR count). The topological polar surface area (TPSA) is 20.2 Å². The molecule has 0 unspecified atom stereocenters. The number of phenolic OH excluding ortho intramolecular Hbond substituents is 1.